The summed E-state index contributed by atoms with van der Waals surface area (Å²) in [4.78, 5) is 27.8. The van der Waals surface area contributed by atoms with E-state index in [-0.39, 0.29) is 29.3 Å². The minimum absolute atomic E-state index is 0.00557. The van der Waals surface area contributed by atoms with Crippen LogP contribution in [0.1, 0.15) is 24.0 Å². The van der Waals surface area contributed by atoms with Gasteiger partial charge in [0, 0.05) is 5.69 Å². The maximum Gasteiger partial charge on any atom is 0.355 e. The predicted molar refractivity (Wildman–Crippen MR) is 148 cm³/mol. The quantitative estimate of drug-likeness (QED) is 0.390. The van der Waals surface area contributed by atoms with Gasteiger partial charge in [-0.1, -0.05) is 42.5 Å². The molecule has 9 nitrogen and oxygen atoms in total. The van der Waals surface area contributed by atoms with Crippen molar-refractivity contribution in [2.45, 2.75) is 19.4 Å². The molecule has 0 aliphatic carbocycles. The number of rotatable bonds is 9. The van der Waals surface area contributed by atoms with Crippen molar-refractivity contribution in [2.24, 2.45) is 5.73 Å². The standard InChI is InChI=1S/C31H29N3O6/c1-4-39-23-13-15-24(16-14-23)40-19-20-9-8-12-22(17-20)34-28(31(36)38-3)27(30(35)37-2)26(25(18-32)29(34)33)21-10-6-5-7-11-21/h5-17,26H,4,19,33H2,1-3H3. The Balaban J connectivity index is 1.78. The lowest BCUT2D eigenvalue weighted by molar-refractivity contribution is -0.139. The monoisotopic (exact) mass is 539 g/mol. The first-order valence-electron chi connectivity index (χ1n) is 12.5. The van der Waals surface area contributed by atoms with E-state index in [0.717, 1.165) is 11.3 Å². The maximum atomic E-state index is 13.2. The van der Waals surface area contributed by atoms with E-state index in [1.807, 2.05) is 37.3 Å². The van der Waals surface area contributed by atoms with Crippen molar-refractivity contribution in [3.63, 3.8) is 0 Å². The van der Waals surface area contributed by atoms with Crippen molar-refractivity contribution in [3.05, 3.63) is 113 Å². The second-order valence-electron chi connectivity index (χ2n) is 8.70. The summed E-state index contributed by atoms with van der Waals surface area (Å²) in [6.45, 7) is 2.69. The van der Waals surface area contributed by atoms with E-state index >= 15 is 0 Å². The van der Waals surface area contributed by atoms with Crippen LogP contribution in [0, 0.1) is 11.3 Å². The van der Waals surface area contributed by atoms with Crippen molar-refractivity contribution in [1.29, 1.82) is 5.26 Å². The molecule has 40 heavy (non-hydrogen) atoms. The van der Waals surface area contributed by atoms with Gasteiger partial charge < -0.3 is 24.7 Å². The number of ether oxygens (including phenoxy) is 4. The Kier molecular flexibility index (Phi) is 8.72. The number of benzene rings is 3. The molecule has 0 radical (unpaired) electrons. The van der Waals surface area contributed by atoms with Crippen LogP contribution in [0.2, 0.25) is 0 Å². The van der Waals surface area contributed by atoms with Gasteiger partial charge in [0.05, 0.1) is 44.0 Å². The molecule has 0 saturated carbocycles. The van der Waals surface area contributed by atoms with Gasteiger partial charge in [0.15, 0.2) is 0 Å². The Morgan fingerprint density at radius 2 is 1.55 bits per heavy atom. The van der Waals surface area contributed by atoms with Gasteiger partial charge >= 0.3 is 11.9 Å². The molecule has 1 aliphatic rings. The third-order valence-electron chi connectivity index (χ3n) is 6.32. The molecule has 0 aromatic heterocycles. The summed E-state index contributed by atoms with van der Waals surface area (Å²) < 4.78 is 21.6. The summed E-state index contributed by atoms with van der Waals surface area (Å²) >= 11 is 0. The topological polar surface area (TPSA) is 124 Å². The highest BCUT2D eigenvalue weighted by molar-refractivity contribution is 6.06. The SMILES string of the molecule is CCOc1ccc(OCc2cccc(N3C(N)=C(C#N)C(c4ccccc4)C(C(=O)OC)=C3C(=O)OC)c2)cc1. The van der Waals surface area contributed by atoms with Crippen LogP contribution in [0.25, 0.3) is 0 Å². The van der Waals surface area contributed by atoms with E-state index in [1.165, 1.54) is 19.1 Å². The molecule has 0 amide bonds. The molecule has 1 heterocycles. The van der Waals surface area contributed by atoms with Crippen LogP contribution in [0.4, 0.5) is 5.69 Å². The number of methoxy groups -OCH3 is 2. The van der Waals surface area contributed by atoms with E-state index in [0.29, 0.717) is 23.6 Å². The van der Waals surface area contributed by atoms with Crippen LogP contribution in [0.3, 0.4) is 0 Å². The van der Waals surface area contributed by atoms with Gasteiger partial charge in [-0.25, -0.2) is 9.59 Å². The zero-order valence-electron chi connectivity index (χ0n) is 22.4. The predicted octanol–water partition coefficient (Wildman–Crippen LogP) is 4.56. The Bertz CT molecular complexity index is 1490. The first kappa shape index (κ1) is 27.8. The van der Waals surface area contributed by atoms with Gasteiger partial charge in [-0.15, -0.1) is 0 Å². The number of allylic oxidation sites excluding steroid dienone is 1. The molecule has 2 N–H and O–H groups in total. The fraction of sp³-hybridized carbons (Fsp3) is 0.194. The van der Waals surface area contributed by atoms with Crippen LogP contribution in [-0.4, -0.2) is 32.8 Å². The Labute approximate surface area is 232 Å². The molecule has 4 rings (SSSR count). The Morgan fingerprint density at radius 3 is 2.15 bits per heavy atom. The molecular formula is C31H29N3O6. The van der Waals surface area contributed by atoms with Gasteiger partial charge in [-0.05, 0) is 54.4 Å². The summed E-state index contributed by atoms with van der Waals surface area (Å²) in [5.41, 5.74) is 8.28. The smallest absolute Gasteiger partial charge is 0.355 e. The molecule has 1 atom stereocenters. The summed E-state index contributed by atoms with van der Waals surface area (Å²) in [6.07, 6.45) is 0. The largest absolute Gasteiger partial charge is 0.494 e. The first-order valence-corrected chi connectivity index (χ1v) is 12.5. The lowest BCUT2D eigenvalue weighted by Crippen LogP contribution is -2.40. The molecular weight excluding hydrogens is 510 g/mol. The van der Waals surface area contributed by atoms with Gasteiger partial charge in [0.1, 0.15) is 29.6 Å². The molecule has 0 saturated heterocycles. The van der Waals surface area contributed by atoms with Crippen LogP contribution < -0.4 is 20.1 Å². The summed E-state index contributed by atoms with van der Waals surface area (Å²) in [6, 6.07) is 25.4. The minimum atomic E-state index is -0.935. The third-order valence-corrected chi connectivity index (χ3v) is 6.32. The van der Waals surface area contributed by atoms with Crippen molar-refractivity contribution in [1.82, 2.24) is 0 Å². The lowest BCUT2D eigenvalue weighted by atomic mass is 9.81. The number of carbonyl (C=O) groups is 2. The fourth-order valence-corrected chi connectivity index (χ4v) is 4.53. The second-order valence-corrected chi connectivity index (χ2v) is 8.70. The molecule has 0 bridgehead atoms. The van der Waals surface area contributed by atoms with Gasteiger partial charge in [0.25, 0.3) is 0 Å². The summed E-state index contributed by atoms with van der Waals surface area (Å²) in [5.74, 6) is -1.14. The first-order chi connectivity index (χ1) is 19.4. The fourth-order valence-electron chi connectivity index (χ4n) is 4.53. The zero-order chi connectivity index (χ0) is 28.6. The number of nitrogens with two attached hydrogens (primary N) is 1. The van der Waals surface area contributed by atoms with Gasteiger partial charge in [0.2, 0.25) is 0 Å². The normalized spacial score (nSPS) is 14.8. The van der Waals surface area contributed by atoms with E-state index in [2.05, 4.69) is 6.07 Å². The number of nitriles is 1. The highest BCUT2D eigenvalue weighted by Gasteiger charge is 2.43. The van der Waals surface area contributed by atoms with Crippen molar-refractivity contribution < 1.29 is 28.5 Å². The lowest BCUT2D eigenvalue weighted by Gasteiger charge is -2.36. The van der Waals surface area contributed by atoms with E-state index < -0.39 is 17.9 Å². The van der Waals surface area contributed by atoms with Gasteiger partial charge in [-0.3, -0.25) is 4.90 Å². The number of hydrogen-bond donors (Lipinski definition) is 1. The molecule has 0 spiro atoms. The number of carbonyl (C=O) groups excluding carboxylic acids is 2. The summed E-state index contributed by atoms with van der Waals surface area (Å²) in [5, 5.41) is 10.2. The van der Waals surface area contributed by atoms with Crippen LogP contribution >= 0.6 is 0 Å². The van der Waals surface area contributed by atoms with Crippen LogP contribution in [-0.2, 0) is 25.7 Å². The number of nitrogens with zero attached hydrogens (tertiary/aromatic N) is 2. The van der Waals surface area contributed by atoms with Crippen molar-refractivity contribution in [3.8, 4) is 17.6 Å². The molecule has 3 aromatic rings. The van der Waals surface area contributed by atoms with Crippen molar-refractivity contribution >= 4 is 17.6 Å². The Hall–Kier alpha value is -5.23. The zero-order valence-corrected chi connectivity index (χ0v) is 22.4. The molecule has 0 fully saturated rings. The average molecular weight is 540 g/mol. The molecule has 3 aromatic carbocycles. The average Bonchev–Trinajstić information content (AvgIpc) is 3.00. The molecule has 1 aliphatic heterocycles. The Morgan fingerprint density at radius 1 is 0.900 bits per heavy atom. The molecule has 9 heteroatoms. The highest BCUT2D eigenvalue weighted by atomic mass is 16.5. The van der Waals surface area contributed by atoms with Crippen LogP contribution in [0.15, 0.2) is 102 Å². The maximum absolute atomic E-state index is 13.2. The molecule has 204 valence electrons. The number of anilines is 1. The molecule has 1 unspecified atom stereocenters. The van der Waals surface area contributed by atoms with E-state index in [9.17, 15) is 14.9 Å². The van der Waals surface area contributed by atoms with Gasteiger partial charge in [-0.2, -0.15) is 5.26 Å². The summed E-state index contributed by atoms with van der Waals surface area (Å²) in [7, 11) is 2.42. The highest BCUT2D eigenvalue weighted by Crippen LogP contribution is 2.43. The van der Waals surface area contributed by atoms with E-state index in [1.54, 1.807) is 48.5 Å². The minimum Gasteiger partial charge on any atom is -0.494 e. The van der Waals surface area contributed by atoms with Crippen molar-refractivity contribution in [2.75, 3.05) is 25.7 Å². The third kappa shape index (κ3) is 5.61. The van der Waals surface area contributed by atoms with E-state index in [4.69, 9.17) is 24.7 Å². The number of esters is 2. The number of hydrogen-bond acceptors (Lipinski definition) is 9. The second kappa shape index (κ2) is 12.5. The van der Waals surface area contributed by atoms with Crippen LogP contribution in [0.5, 0.6) is 11.5 Å².